The summed E-state index contributed by atoms with van der Waals surface area (Å²) in [6, 6.07) is 0. The van der Waals surface area contributed by atoms with Crippen LogP contribution >= 0.6 is 0 Å². The Hall–Kier alpha value is -2.29. The molecule has 0 spiro atoms. The highest BCUT2D eigenvalue weighted by molar-refractivity contribution is 6.01. The molecule has 0 heterocycles. The molecule has 1 fully saturated rings. The Morgan fingerprint density at radius 2 is 1.58 bits per heavy atom. The zero-order valence-electron chi connectivity index (χ0n) is 16.0. The molecule has 0 amide bonds. The molecule has 0 aliphatic heterocycles. The number of allylic oxidation sites excluding steroid dienone is 2. The van der Waals surface area contributed by atoms with Gasteiger partial charge in [0.05, 0.1) is 19.8 Å². The van der Waals surface area contributed by atoms with E-state index in [1.165, 1.54) is 0 Å². The average molecular weight is 364 g/mol. The summed E-state index contributed by atoms with van der Waals surface area (Å²) in [4.78, 5) is 37.0. The van der Waals surface area contributed by atoms with E-state index in [0.717, 1.165) is 12.8 Å². The molecule has 1 aliphatic rings. The van der Waals surface area contributed by atoms with Crippen molar-refractivity contribution in [1.82, 2.24) is 0 Å². The minimum Gasteiger partial charge on any atom is -0.465 e. The first-order chi connectivity index (χ1) is 12.4. The molecular formula is C20H28O6. The van der Waals surface area contributed by atoms with Crippen LogP contribution in [-0.4, -0.2) is 37.7 Å². The van der Waals surface area contributed by atoms with E-state index in [9.17, 15) is 14.4 Å². The highest BCUT2D eigenvalue weighted by Gasteiger charge is 2.52. The molecule has 6 heteroatoms. The SMILES string of the molecule is CCOC(=O)C#CCC(C(=O)OCC)(C(=O)OCC)C(C)/C=C/C1CC1. The van der Waals surface area contributed by atoms with E-state index >= 15 is 0 Å². The quantitative estimate of drug-likeness (QED) is 0.156. The maximum Gasteiger partial charge on any atom is 0.384 e. The first kappa shape index (κ1) is 21.8. The predicted molar refractivity (Wildman–Crippen MR) is 95.8 cm³/mol. The van der Waals surface area contributed by atoms with Crippen LogP contribution in [0.5, 0.6) is 0 Å². The molecule has 0 bridgehead atoms. The number of ether oxygens (including phenoxy) is 3. The third kappa shape index (κ3) is 5.91. The van der Waals surface area contributed by atoms with Crippen LogP contribution in [-0.2, 0) is 28.6 Å². The maximum atomic E-state index is 12.7. The van der Waals surface area contributed by atoms with Crippen molar-refractivity contribution < 1.29 is 28.6 Å². The lowest BCUT2D eigenvalue weighted by molar-refractivity contribution is -0.174. The van der Waals surface area contributed by atoms with Crippen LogP contribution in [0.4, 0.5) is 0 Å². The van der Waals surface area contributed by atoms with Crippen LogP contribution in [0.1, 0.15) is 47.0 Å². The lowest BCUT2D eigenvalue weighted by atomic mass is 9.73. The van der Waals surface area contributed by atoms with Crippen molar-refractivity contribution >= 4 is 17.9 Å². The van der Waals surface area contributed by atoms with E-state index < -0.39 is 29.2 Å². The lowest BCUT2D eigenvalue weighted by Gasteiger charge is -2.31. The minimum atomic E-state index is -1.61. The number of hydrogen-bond donors (Lipinski definition) is 0. The second-order valence-electron chi connectivity index (χ2n) is 6.12. The number of esters is 3. The number of carbonyl (C=O) groups is 3. The lowest BCUT2D eigenvalue weighted by Crippen LogP contribution is -2.46. The molecule has 0 aromatic rings. The fraction of sp³-hybridized carbons (Fsp3) is 0.650. The highest BCUT2D eigenvalue weighted by atomic mass is 16.6. The van der Waals surface area contributed by atoms with Crippen LogP contribution in [0.2, 0.25) is 0 Å². The van der Waals surface area contributed by atoms with Crippen LogP contribution in [0.25, 0.3) is 0 Å². The molecule has 0 aromatic heterocycles. The van der Waals surface area contributed by atoms with Gasteiger partial charge in [-0.15, -0.1) is 0 Å². The normalized spacial score (nSPS) is 14.9. The first-order valence-corrected chi connectivity index (χ1v) is 9.10. The third-order valence-corrected chi connectivity index (χ3v) is 4.18. The van der Waals surface area contributed by atoms with Gasteiger partial charge in [-0.3, -0.25) is 9.59 Å². The summed E-state index contributed by atoms with van der Waals surface area (Å²) in [6.45, 7) is 7.24. The molecule has 26 heavy (non-hydrogen) atoms. The standard InChI is InChI=1S/C20H28O6/c1-5-24-17(21)9-8-14-20(18(22)25-6-2,19(23)26-7-3)15(4)10-11-16-12-13-16/h10-11,15-16H,5-7,12-14H2,1-4H3/b11-10+. The summed E-state index contributed by atoms with van der Waals surface area (Å²) >= 11 is 0. The Labute approximate surface area is 155 Å². The van der Waals surface area contributed by atoms with E-state index in [2.05, 4.69) is 11.8 Å². The fourth-order valence-electron chi connectivity index (χ4n) is 2.48. The average Bonchev–Trinajstić information content (AvgIpc) is 3.41. The molecule has 1 saturated carbocycles. The van der Waals surface area contributed by atoms with Gasteiger partial charge in [-0.05, 0) is 39.5 Å². The number of rotatable bonds is 9. The van der Waals surface area contributed by atoms with Crippen molar-refractivity contribution in [3.8, 4) is 11.8 Å². The number of carbonyl (C=O) groups excluding carboxylic acids is 3. The summed E-state index contributed by atoms with van der Waals surface area (Å²) in [5, 5.41) is 0. The Morgan fingerprint density at radius 3 is 2.04 bits per heavy atom. The summed E-state index contributed by atoms with van der Waals surface area (Å²) in [5.41, 5.74) is -1.61. The molecule has 0 radical (unpaired) electrons. The largest absolute Gasteiger partial charge is 0.465 e. The van der Waals surface area contributed by atoms with E-state index in [1.54, 1.807) is 27.7 Å². The van der Waals surface area contributed by atoms with Crippen molar-refractivity contribution in [3.63, 3.8) is 0 Å². The third-order valence-electron chi connectivity index (χ3n) is 4.18. The van der Waals surface area contributed by atoms with Crippen LogP contribution < -0.4 is 0 Å². The topological polar surface area (TPSA) is 78.9 Å². The molecule has 1 atom stereocenters. The van der Waals surface area contributed by atoms with Crippen molar-refractivity contribution in [3.05, 3.63) is 12.2 Å². The van der Waals surface area contributed by atoms with E-state index in [1.807, 2.05) is 12.2 Å². The van der Waals surface area contributed by atoms with Gasteiger partial charge in [-0.2, -0.15) is 0 Å². The van der Waals surface area contributed by atoms with Gasteiger partial charge in [0.15, 0.2) is 5.41 Å². The van der Waals surface area contributed by atoms with Crippen LogP contribution in [0.3, 0.4) is 0 Å². The Bertz CT molecular complexity index is 573. The molecular weight excluding hydrogens is 336 g/mol. The number of hydrogen-bond acceptors (Lipinski definition) is 6. The van der Waals surface area contributed by atoms with Crippen LogP contribution in [0, 0.1) is 29.1 Å². The summed E-state index contributed by atoms with van der Waals surface area (Å²) in [7, 11) is 0. The maximum absolute atomic E-state index is 12.7. The highest BCUT2D eigenvalue weighted by Crippen LogP contribution is 2.38. The van der Waals surface area contributed by atoms with Crippen molar-refractivity contribution in [2.24, 2.45) is 17.3 Å². The van der Waals surface area contributed by atoms with Gasteiger partial charge in [-0.1, -0.05) is 25.0 Å². The Kier molecular flexibility index (Phi) is 8.91. The van der Waals surface area contributed by atoms with Crippen molar-refractivity contribution in [1.29, 1.82) is 0 Å². The van der Waals surface area contributed by atoms with Gasteiger partial charge in [0.1, 0.15) is 0 Å². The zero-order valence-corrected chi connectivity index (χ0v) is 16.0. The van der Waals surface area contributed by atoms with E-state index in [0.29, 0.717) is 5.92 Å². The van der Waals surface area contributed by atoms with E-state index in [4.69, 9.17) is 14.2 Å². The van der Waals surface area contributed by atoms with Gasteiger partial charge in [0.25, 0.3) is 0 Å². The molecule has 0 saturated heterocycles. The molecule has 1 aliphatic carbocycles. The zero-order chi connectivity index (χ0) is 19.6. The fourth-order valence-corrected chi connectivity index (χ4v) is 2.48. The molecule has 1 rings (SSSR count). The predicted octanol–water partition coefficient (Wildman–Crippen LogP) is 2.66. The summed E-state index contributed by atoms with van der Waals surface area (Å²) in [6.07, 6.45) is 5.89. The minimum absolute atomic E-state index is 0.129. The monoisotopic (exact) mass is 364 g/mol. The molecule has 0 N–H and O–H groups in total. The van der Waals surface area contributed by atoms with Gasteiger partial charge in [-0.25, -0.2) is 4.79 Å². The molecule has 1 unspecified atom stereocenters. The molecule has 144 valence electrons. The summed E-state index contributed by atoms with van der Waals surface area (Å²) < 4.78 is 15.1. The second kappa shape index (κ2) is 10.6. The second-order valence-corrected chi connectivity index (χ2v) is 6.12. The molecule has 6 nitrogen and oxygen atoms in total. The van der Waals surface area contributed by atoms with Gasteiger partial charge < -0.3 is 14.2 Å². The van der Waals surface area contributed by atoms with Gasteiger partial charge in [0.2, 0.25) is 0 Å². The van der Waals surface area contributed by atoms with Crippen molar-refractivity contribution in [2.45, 2.75) is 47.0 Å². The van der Waals surface area contributed by atoms with Gasteiger partial charge in [0, 0.05) is 18.3 Å². The van der Waals surface area contributed by atoms with E-state index in [-0.39, 0.29) is 26.2 Å². The smallest absolute Gasteiger partial charge is 0.384 e. The summed E-state index contributed by atoms with van der Waals surface area (Å²) in [5.74, 6) is 2.85. The first-order valence-electron chi connectivity index (χ1n) is 9.10. The molecule has 0 aromatic carbocycles. The van der Waals surface area contributed by atoms with Crippen LogP contribution in [0.15, 0.2) is 12.2 Å². The Balaban J connectivity index is 3.19. The van der Waals surface area contributed by atoms with Gasteiger partial charge >= 0.3 is 17.9 Å². The van der Waals surface area contributed by atoms with Crippen molar-refractivity contribution in [2.75, 3.05) is 19.8 Å². The Morgan fingerprint density at radius 1 is 1.04 bits per heavy atom.